The number of carbonyl (C=O) groups is 1. The van der Waals surface area contributed by atoms with E-state index >= 15 is 0 Å². The summed E-state index contributed by atoms with van der Waals surface area (Å²) >= 11 is 1.61. The molecule has 0 spiro atoms. The number of imidazole rings is 1. The Balaban J connectivity index is 1.29. The van der Waals surface area contributed by atoms with Crippen LogP contribution in [0.25, 0.3) is 16.7 Å². The number of benzene rings is 3. The molecule has 2 heterocycles. The van der Waals surface area contributed by atoms with Crippen molar-refractivity contribution in [2.75, 3.05) is 5.32 Å². The standard InChI is InChI=1S/C26H23N5O2S/c1-17-23(25(33)31(30(17)2)20-8-4-3-5-9-20)29-24(32)19-14-12-18(13-15-19)16-34-26-27-21-10-6-7-11-22(21)28-26/h3-15H,16H2,1-2H3,(H,27,28)(H,29,32). The molecule has 5 rings (SSSR count). The Morgan fingerprint density at radius 3 is 2.44 bits per heavy atom. The first-order valence-electron chi connectivity index (χ1n) is 10.8. The van der Waals surface area contributed by atoms with Crippen LogP contribution in [0.1, 0.15) is 21.6 Å². The molecule has 0 aliphatic rings. The number of aromatic nitrogens is 4. The highest BCUT2D eigenvalue weighted by molar-refractivity contribution is 7.98. The van der Waals surface area contributed by atoms with Crippen molar-refractivity contribution in [2.24, 2.45) is 7.05 Å². The van der Waals surface area contributed by atoms with Crippen molar-refractivity contribution in [1.29, 1.82) is 0 Å². The van der Waals surface area contributed by atoms with Gasteiger partial charge in [-0.3, -0.25) is 14.3 Å². The molecule has 0 aliphatic heterocycles. The van der Waals surface area contributed by atoms with Crippen molar-refractivity contribution < 1.29 is 4.79 Å². The maximum Gasteiger partial charge on any atom is 0.295 e. The number of amides is 1. The lowest BCUT2D eigenvalue weighted by atomic mass is 10.1. The van der Waals surface area contributed by atoms with Gasteiger partial charge in [-0.25, -0.2) is 9.67 Å². The zero-order chi connectivity index (χ0) is 23.7. The van der Waals surface area contributed by atoms with Crippen LogP contribution in [0.2, 0.25) is 0 Å². The van der Waals surface area contributed by atoms with Crippen LogP contribution in [0.5, 0.6) is 0 Å². The highest BCUT2D eigenvalue weighted by atomic mass is 32.2. The van der Waals surface area contributed by atoms with Gasteiger partial charge in [0.15, 0.2) is 5.16 Å². The van der Waals surface area contributed by atoms with Gasteiger partial charge in [0.1, 0.15) is 5.69 Å². The van der Waals surface area contributed by atoms with Crippen LogP contribution in [0.3, 0.4) is 0 Å². The van der Waals surface area contributed by atoms with E-state index in [0.29, 0.717) is 11.3 Å². The van der Waals surface area contributed by atoms with Crippen LogP contribution in [0, 0.1) is 6.92 Å². The van der Waals surface area contributed by atoms with Gasteiger partial charge in [0, 0.05) is 18.4 Å². The van der Waals surface area contributed by atoms with E-state index in [4.69, 9.17) is 0 Å². The van der Waals surface area contributed by atoms with E-state index in [1.54, 1.807) is 40.3 Å². The summed E-state index contributed by atoms with van der Waals surface area (Å²) in [5, 5.41) is 3.66. The molecule has 0 unspecified atom stereocenters. The Morgan fingerprint density at radius 2 is 1.71 bits per heavy atom. The van der Waals surface area contributed by atoms with Crippen molar-refractivity contribution in [3.63, 3.8) is 0 Å². The van der Waals surface area contributed by atoms with E-state index in [0.717, 1.165) is 33.2 Å². The highest BCUT2D eigenvalue weighted by Gasteiger charge is 2.18. The molecule has 0 saturated carbocycles. The van der Waals surface area contributed by atoms with Gasteiger partial charge in [-0.2, -0.15) is 0 Å². The number of carbonyl (C=O) groups excluding carboxylic acids is 1. The summed E-state index contributed by atoms with van der Waals surface area (Å²) in [5.74, 6) is 0.406. The Kier molecular flexibility index (Phi) is 5.81. The number of thioether (sulfide) groups is 1. The number of hydrogen-bond donors (Lipinski definition) is 2. The van der Waals surface area contributed by atoms with Gasteiger partial charge in [0.05, 0.1) is 22.4 Å². The second kappa shape index (κ2) is 9.07. The van der Waals surface area contributed by atoms with Crippen LogP contribution in [-0.2, 0) is 12.8 Å². The number of nitrogens with zero attached hydrogens (tertiary/aromatic N) is 3. The van der Waals surface area contributed by atoms with Gasteiger partial charge in [0.2, 0.25) is 0 Å². The Labute approximate surface area is 200 Å². The van der Waals surface area contributed by atoms with Gasteiger partial charge in [-0.1, -0.05) is 54.2 Å². The molecular formula is C26H23N5O2S. The van der Waals surface area contributed by atoms with Gasteiger partial charge in [-0.15, -0.1) is 0 Å². The monoisotopic (exact) mass is 469 g/mol. The molecule has 170 valence electrons. The molecule has 0 bridgehead atoms. The number of rotatable bonds is 6. The lowest BCUT2D eigenvalue weighted by Crippen LogP contribution is -2.22. The van der Waals surface area contributed by atoms with Crippen molar-refractivity contribution in [3.05, 3.63) is 106 Å². The van der Waals surface area contributed by atoms with Crippen LogP contribution in [0.15, 0.2) is 88.8 Å². The number of nitrogens with one attached hydrogen (secondary N) is 2. The predicted molar refractivity (Wildman–Crippen MR) is 136 cm³/mol. The largest absolute Gasteiger partial charge is 0.333 e. The molecule has 1 amide bonds. The average Bonchev–Trinajstić information content (AvgIpc) is 3.37. The van der Waals surface area contributed by atoms with E-state index in [1.807, 2.05) is 73.7 Å². The van der Waals surface area contributed by atoms with Crippen LogP contribution in [-0.4, -0.2) is 25.2 Å². The topological polar surface area (TPSA) is 84.7 Å². The molecule has 0 aliphatic carbocycles. The van der Waals surface area contributed by atoms with E-state index in [1.165, 1.54) is 0 Å². The van der Waals surface area contributed by atoms with Crippen LogP contribution < -0.4 is 10.9 Å². The summed E-state index contributed by atoms with van der Waals surface area (Å²) < 4.78 is 3.29. The minimum absolute atomic E-state index is 0.265. The molecule has 2 N–H and O–H groups in total. The first-order chi connectivity index (χ1) is 16.5. The molecule has 5 aromatic rings. The van der Waals surface area contributed by atoms with Crippen molar-refractivity contribution in [3.8, 4) is 5.69 Å². The summed E-state index contributed by atoms with van der Waals surface area (Å²) in [7, 11) is 1.80. The van der Waals surface area contributed by atoms with E-state index in [-0.39, 0.29) is 17.2 Å². The highest BCUT2D eigenvalue weighted by Crippen LogP contribution is 2.23. The molecule has 3 aromatic carbocycles. The molecular weight excluding hydrogens is 446 g/mol. The summed E-state index contributed by atoms with van der Waals surface area (Å²) in [4.78, 5) is 33.8. The second-order valence-electron chi connectivity index (χ2n) is 7.94. The van der Waals surface area contributed by atoms with E-state index in [9.17, 15) is 9.59 Å². The zero-order valence-electron chi connectivity index (χ0n) is 18.8. The van der Waals surface area contributed by atoms with Gasteiger partial charge in [0.25, 0.3) is 11.5 Å². The predicted octanol–water partition coefficient (Wildman–Crippen LogP) is 4.91. The Bertz CT molecular complexity index is 1500. The third-order valence-electron chi connectivity index (χ3n) is 5.75. The summed E-state index contributed by atoms with van der Waals surface area (Å²) in [5.41, 5.74) is 4.96. The van der Waals surface area contributed by atoms with Crippen molar-refractivity contribution in [2.45, 2.75) is 17.8 Å². The third kappa shape index (κ3) is 4.15. The van der Waals surface area contributed by atoms with Gasteiger partial charge in [-0.05, 0) is 48.9 Å². The second-order valence-corrected chi connectivity index (χ2v) is 8.90. The maximum absolute atomic E-state index is 13.0. The number of fused-ring (bicyclic) bond motifs is 1. The quantitative estimate of drug-likeness (QED) is 0.346. The summed E-state index contributed by atoms with van der Waals surface area (Å²) in [6.45, 7) is 1.81. The fourth-order valence-corrected chi connectivity index (χ4v) is 4.64. The fourth-order valence-electron chi connectivity index (χ4n) is 3.80. The van der Waals surface area contributed by atoms with Crippen molar-refractivity contribution in [1.82, 2.24) is 19.3 Å². The fraction of sp³-hybridized carbons (Fsp3) is 0.115. The number of para-hydroxylation sites is 3. The molecule has 0 saturated heterocycles. The van der Waals surface area contributed by atoms with Gasteiger partial charge >= 0.3 is 0 Å². The minimum atomic E-state index is -0.317. The number of anilines is 1. The molecule has 0 fully saturated rings. The lowest BCUT2D eigenvalue weighted by molar-refractivity contribution is 0.102. The maximum atomic E-state index is 13.0. The van der Waals surface area contributed by atoms with Gasteiger partial charge < -0.3 is 10.3 Å². The Hall–Kier alpha value is -4.04. The molecule has 8 heteroatoms. The molecule has 2 aromatic heterocycles. The number of H-pyrrole nitrogens is 1. The van der Waals surface area contributed by atoms with E-state index in [2.05, 4.69) is 15.3 Å². The zero-order valence-corrected chi connectivity index (χ0v) is 19.6. The summed E-state index contributed by atoms with van der Waals surface area (Å²) in [6, 6.07) is 24.7. The first kappa shape index (κ1) is 21.8. The lowest BCUT2D eigenvalue weighted by Gasteiger charge is -2.07. The smallest absolute Gasteiger partial charge is 0.295 e. The average molecular weight is 470 g/mol. The molecule has 7 nitrogen and oxygen atoms in total. The minimum Gasteiger partial charge on any atom is -0.333 e. The summed E-state index contributed by atoms with van der Waals surface area (Å²) in [6.07, 6.45) is 0. The Morgan fingerprint density at radius 1 is 1.00 bits per heavy atom. The van der Waals surface area contributed by atoms with E-state index < -0.39 is 0 Å². The molecule has 0 radical (unpaired) electrons. The SMILES string of the molecule is Cc1c(NC(=O)c2ccc(CSc3nc4ccccc4[nH]3)cc2)c(=O)n(-c2ccccc2)n1C. The third-order valence-corrected chi connectivity index (χ3v) is 6.70. The first-order valence-corrected chi connectivity index (χ1v) is 11.8. The van der Waals surface area contributed by atoms with Crippen LogP contribution in [0.4, 0.5) is 5.69 Å². The molecule has 0 atom stereocenters. The number of aromatic amines is 1. The number of hydrogen-bond acceptors (Lipinski definition) is 4. The molecule has 34 heavy (non-hydrogen) atoms. The normalized spacial score (nSPS) is 11.1. The van der Waals surface area contributed by atoms with Crippen LogP contribution >= 0.6 is 11.8 Å². The van der Waals surface area contributed by atoms with Crippen molar-refractivity contribution >= 4 is 34.4 Å².